The van der Waals surface area contributed by atoms with Crippen molar-refractivity contribution in [1.29, 1.82) is 5.26 Å². The van der Waals surface area contributed by atoms with Crippen LogP contribution in [-0.4, -0.2) is 48.7 Å². The Kier molecular flexibility index (Phi) is 10.1. The van der Waals surface area contributed by atoms with Gasteiger partial charge in [-0.05, 0) is 60.5 Å². The molecule has 0 amide bonds. The zero-order valence-corrected chi connectivity index (χ0v) is 26.7. The Labute approximate surface area is 276 Å². The Morgan fingerprint density at radius 2 is 1.81 bits per heavy atom. The third kappa shape index (κ3) is 7.74. The molecule has 0 unspecified atom stereocenters. The van der Waals surface area contributed by atoms with Crippen molar-refractivity contribution in [3.63, 3.8) is 0 Å². The van der Waals surface area contributed by atoms with Crippen molar-refractivity contribution < 1.29 is 21.9 Å². The second kappa shape index (κ2) is 14.3. The molecule has 10 nitrogen and oxygen atoms in total. The zero-order chi connectivity index (χ0) is 32.3. The molecule has 0 radical (unpaired) electrons. The van der Waals surface area contributed by atoms with Crippen molar-refractivity contribution in [2.75, 3.05) is 23.1 Å². The van der Waals surface area contributed by atoms with Crippen LogP contribution in [0, 0.1) is 24.1 Å². The number of nitrogens with zero attached hydrogens (tertiary/aromatic N) is 4. The minimum atomic E-state index is -4.03. The van der Waals surface area contributed by atoms with E-state index < -0.39 is 27.8 Å². The van der Waals surface area contributed by atoms with Crippen LogP contribution in [0.15, 0.2) is 79.1 Å². The summed E-state index contributed by atoms with van der Waals surface area (Å²) in [6, 6.07) is 19.2. The molecular weight excluding hydrogens is 648 g/mol. The molecule has 0 bridgehead atoms. The first-order chi connectivity index (χ1) is 22.2. The van der Waals surface area contributed by atoms with Crippen LogP contribution in [0.5, 0.6) is 11.6 Å². The van der Waals surface area contributed by atoms with E-state index in [0.29, 0.717) is 69.9 Å². The highest BCUT2D eigenvalue weighted by Crippen LogP contribution is 2.40. The van der Waals surface area contributed by atoms with Crippen LogP contribution in [-0.2, 0) is 15.8 Å². The van der Waals surface area contributed by atoms with Gasteiger partial charge in [-0.15, -0.1) is 12.4 Å². The maximum Gasteiger partial charge on any atom is 0.237 e. The molecular formula is C33H30ClF2N7O3S. The number of nitriles is 1. The van der Waals surface area contributed by atoms with E-state index in [9.17, 15) is 12.8 Å². The van der Waals surface area contributed by atoms with Gasteiger partial charge < -0.3 is 15.4 Å². The molecule has 0 spiro atoms. The number of anilines is 2. The fourth-order valence-electron chi connectivity index (χ4n) is 5.31. The lowest BCUT2D eigenvalue weighted by atomic mass is 10.0. The number of halogens is 3. The smallest absolute Gasteiger partial charge is 0.237 e. The fraction of sp³-hybridized carbons (Fsp3) is 0.212. The summed E-state index contributed by atoms with van der Waals surface area (Å²) in [4.78, 5) is 13.4. The highest BCUT2D eigenvalue weighted by molar-refractivity contribution is 7.91. The molecule has 0 saturated carbocycles. The van der Waals surface area contributed by atoms with E-state index in [4.69, 9.17) is 10.00 Å². The molecule has 1 fully saturated rings. The highest BCUT2D eigenvalue weighted by Gasteiger charge is 2.23. The van der Waals surface area contributed by atoms with Crippen molar-refractivity contribution in [3.05, 3.63) is 102 Å². The molecule has 3 N–H and O–H groups in total. The first-order valence-electron chi connectivity index (χ1n) is 14.5. The molecule has 6 rings (SSSR count). The molecule has 47 heavy (non-hydrogen) atoms. The Morgan fingerprint density at radius 3 is 2.57 bits per heavy atom. The largest absolute Gasteiger partial charge is 0.437 e. The number of alkyl halides is 1. The molecule has 1 aliphatic rings. The molecule has 0 aliphatic carbocycles. The lowest BCUT2D eigenvalue weighted by molar-refractivity contribution is 0.254. The van der Waals surface area contributed by atoms with E-state index >= 15 is 4.39 Å². The number of benzene rings is 3. The van der Waals surface area contributed by atoms with Gasteiger partial charge >= 0.3 is 0 Å². The standard InChI is InChI=1S/C33H29F2N7O3S.ClH/c1-20-4-9-25-26(10-11-28(35)30(25)42-46(43,44)19-22-7-5-21(16-36)6-8-22)31(20)45-32-27(3-2-13-38-32)29-12-14-39-33(41-29)40-24-15-23(34)17-37-18-24;/h2-14,23-24,37,42H,15,17-19H2,1H3,(H,39,40,41);1H/t23-,24-;/m0./s1. The molecule has 2 aromatic heterocycles. The number of ether oxygens (including phenoxy) is 1. The van der Waals surface area contributed by atoms with Gasteiger partial charge in [0.2, 0.25) is 21.9 Å². The van der Waals surface area contributed by atoms with Crippen LogP contribution < -0.4 is 20.1 Å². The van der Waals surface area contributed by atoms with Crippen molar-refractivity contribution in [2.45, 2.75) is 31.3 Å². The number of pyridine rings is 1. The van der Waals surface area contributed by atoms with Gasteiger partial charge in [0.1, 0.15) is 17.7 Å². The maximum atomic E-state index is 15.2. The van der Waals surface area contributed by atoms with Crippen molar-refractivity contribution in [3.8, 4) is 29.0 Å². The predicted octanol–water partition coefficient (Wildman–Crippen LogP) is 6.28. The summed E-state index contributed by atoms with van der Waals surface area (Å²) in [5.41, 5.74) is 2.41. The van der Waals surface area contributed by atoms with Crippen LogP contribution in [0.4, 0.5) is 20.4 Å². The third-order valence-electron chi connectivity index (χ3n) is 7.53. The minimum Gasteiger partial charge on any atom is -0.437 e. The summed E-state index contributed by atoms with van der Waals surface area (Å²) in [5.74, 6) is -0.249. The monoisotopic (exact) mass is 677 g/mol. The summed E-state index contributed by atoms with van der Waals surface area (Å²) in [5, 5.41) is 16.0. The van der Waals surface area contributed by atoms with Gasteiger partial charge in [0.15, 0.2) is 0 Å². The maximum absolute atomic E-state index is 15.2. The quantitative estimate of drug-likeness (QED) is 0.164. The summed E-state index contributed by atoms with van der Waals surface area (Å²) < 4.78 is 64.1. The lowest BCUT2D eigenvalue weighted by Crippen LogP contribution is -2.44. The number of nitrogens with one attached hydrogen (secondary N) is 3. The predicted molar refractivity (Wildman–Crippen MR) is 178 cm³/mol. The van der Waals surface area contributed by atoms with Crippen molar-refractivity contribution in [1.82, 2.24) is 20.3 Å². The Morgan fingerprint density at radius 1 is 1.02 bits per heavy atom. The average molecular weight is 678 g/mol. The average Bonchev–Trinajstić information content (AvgIpc) is 3.04. The zero-order valence-electron chi connectivity index (χ0n) is 25.1. The van der Waals surface area contributed by atoms with E-state index in [-0.39, 0.29) is 30.0 Å². The highest BCUT2D eigenvalue weighted by atomic mass is 35.5. The fourth-order valence-corrected chi connectivity index (χ4v) is 6.53. The summed E-state index contributed by atoms with van der Waals surface area (Å²) in [7, 11) is -4.03. The Balaban J connectivity index is 0.00000433. The summed E-state index contributed by atoms with van der Waals surface area (Å²) >= 11 is 0. The molecule has 3 heterocycles. The topological polar surface area (TPSA) is 142 Å². The number of piperidine rings is 1. The van der Waals surface area contributed by atoms with E-state index in [2.05, 4.69) is 30.3 Å². The van der Waals surface area contributed by atoms with Gasteiger partial charge in [-0.2, -0.15) is 5.26 Å². The molecule has 242 valence electrons. The summed E-state index contributed by atoms with van der Waals surface area (Å²) in [6.07, 6.45) is 2.55. The number of rotatable bonds is 9. The van der Waals surface area contributed by atoms with Gasteiger partial charge in [0.05, 0.1) is 34.3 Å². The third-order valence-corrected chi connectivity index (χ3v) is 8.75. The molecule has 14 heteroatoms. The molecule has 2 atom stereocenters. The van der Waals surface area contributed by atoms with E-state index in [1.165, 1.54) is 24.3 Å². The van der Waals surface area contributed by atoms with E-state index in [0.717, 1.165) is 0 Å². The number of sulfonamides is 1. The number of hydrogen-bond donors (Lipinski definition) is 3. The minimum absolute atomic E-state index is 0. The number of aryl methyl sites for hydroxylation is 1. The van der Waals surface area contributed by atoms with Gasteiger partial charge in [-0.25, -0.2) is 32.2 Å². The first-order valence-corrected chi connectivity index (χ1v) is 16.1. The number of fused-ring (bicyclic) bond motifs is 1. The van der Waals surface area contributed by atoms with Crippen LogP contribution in [0.2, 0.25) is 0 Å². The van der Waals surface area contributed by atoms with Gasteiger partial charge in [-0.1, -0.05) is 24.3 Å². The van der Waals surface area contributed by atoms with Crippen LogP contribution in [0.25, 0.3) is 22.0 Å². The number of aromatic nitrogens is 3. The van der Waals surface area contributed by atoms with Gasteiger partial charge in [0, 0.05) is 48.7 Å². The molecule has 1 saturated heterocycles. The van der Waals surface area contributed by atoms with Crippen LogP contribution in [0.1, 0.15) is 23.1 Å². The normalized spacial score (nSPS) is 16.1. The van der Waals surface area contributed by atoms with E-state index in [1.54, 1.807) is 54.9 Å². The Hall–Kier alpha value is -4.90. The molecule has 5 aromatic rings. The van der Waals surface area contributed by atoms with Crippen molar-refractivity contribution >= 4 is 44.8 Å². The van der Waals surface area contributed by atoms with Crippen LogP contribution in [0.3, 0.4) is 0 Å². The lowest BCUT2D eigenvalue weighted by Gasteiger charge is -2.26. The SMILES string of the molecule is Cc1ccc2c(NS(=O)(=O)Cc3ccc(C#N)cc3)c(F)ccc2c1Oc1ncccc1-c1ccnc(N[C@@H]2CNC[C@@H](F)C2)n1.Cl. The van der Waals surface area contributed by atoms with Crippen molar-refractivity contribution in [2.24, 2.45) is 0 Å². The molecule has 1 aliphatic heterocycles. The number of hydrogen-bond acceptors (Lipinski definition) is 9. The van der Waals surface area contributed by atoms with Gasteiger partial charge in [0.25, 0.3) is 0 Å². The molecule has 3 aromatic carbocycles. The first kappa shape index (κ1) is 33.5. The van der Waals surface area contributed by atoms with Gasteiger partial charge in [-0.3, -0.25) is 4.72 Å². The second-order valence-electron chi connectivity index (χ2n) is 11.0. The van der Waals surface area contributed by atoms with E-state index in [1.807, 2.05) is 13.0 Å². The Bertz CT molecular complexity index is 2060. The van der Waals surface area contributed by atoms with Crippen LogP contribution >= 0.6 is 12.4 Å². The summed E-state index contributed by atoms with van der Waals surface area (Å²) in [6.45, 7) is 2.73. The second-order valence-corrected chi connectivity index (χ2v) is 12.7.